The van der Waals surface area contributed by atoms with Crippen molar-refractivity contribution in [3.63, 3.8) is 0 Å². The van der Waals surface area contributed by atoms with E-state index in [0.717, 1.165) is 36.3 Å². The predicted octanol–water partition coefficient (Wildman–Crippen LogP) is 2.80. The van der Waals surface area contributed by atoms with Gasteiger partial charge in [0, 0.05) is 0 Å². The Morgan fingerprint density at radius 2 is 1.94 bits per heavy atom. The summed E-state index contributed by atoms with van der Waals surface area (Å²) in [6, 6.07) is 5.56. The lowest BCUT2D eigenvalue weighted by Crippen LogP contribution is -2.16. The van der Waals surface area contributed by atoms with E-state index in [4.69, 9.17) is 15.6 Å². The fourth-order valence-electron chi connectivity index (χ4n) is 1.99. The van der Waals surface area contributed by atoms with E-state index in [9.17, 15) is 0 Å². The maximum absolute atomic E-state index is 9.07. The van der Waals surface area contributed by atoms with Crippen molar-refractivity contribution in [3.8, 4) is 5.75 Å². The minimum atomic E-state index is -0.307. The summed E-state index contributed by atoms with van der Waals surface area (Å²) in [6.07, 6.45) is 2.28. The highest BCUT2D eigenvalue weighted by Crippen LogP contribution is 2.22. The fraction of sp³-hybridized carbons (Fsp3) is 0.600. The zero-order chi connectivity index (χ0) is 13.5. The van der Waals surface area contributed by atoms with Crippen LogP contribution in [0.25, 0.3) is 0 Å². The standard InChI is InChI=1S/C15H25NO2/c1-4-12(5-2)10-18-13-6-7-14(11(3)8-13)15(16)9-17/h6-8,12,15,17H,4-5,9-10,16H2,1-3H3/t15-/m0/s1. The summed E-state index contributed by atoms with van der Waals surface area (Å²) in [6.45, 7) is 7.10. The van der Waals surface area contributed by atoms with Crippen LogP contribution in [0.3, 0.4) is 0 Å². The monoisotopic (exact) mass is 251 g/mol. The molecule has 0 unspecified atom stereocenters. The second kappa shape index (κ2) is 7.39. The molecule has 0 aliphatic rings. The van der Waals surface area contributed by atoms with Crippen LogP contribution >= 0.6 is 0 Å². The van der Waals surface area contributed by atoms with Crippen LogP contribution in [-0.2, 0) is 0 Å². The highest BCUT2D eigenvalue weighted by molar-refractivity contribution is 5.36. The van der Waals surface area contributed by atoms with Crippen molar-refractivity contribution in [1.82, 2.24) is 0 Å². The smallest absolute Gasteiger partial charge is 0.119 e. The van der Waals surface area contributed by atoms with Crippen LogP contribution in [0.4, 0.5) is 0 Å². The van der Waals surface area contributed by atoms with E-state index in [0.29, 0.717) is 5.92 Å². The number of ether oxygens (including phenoxy) is 1. The summed E-state index contributed by atoms with van der Waals surface area (Å²) < 4.78 is 5.80. The van der Waals surface area contributed by atoms with Gasteiger partial charge in [0.05, 0.1) is 19.3 Å². The lowest BCUT2D eigenvalue weighted by Gasteiger charge is -2.16. The van der Waals surface area contributed by atoms with Crippen molar-refractivity contribution in [3.05, 3.63) is 29.3 Å². The SMILES string of the molecule is CCC(CC)COc1ccc([C@@H](N)CO)c(C)c1. The topological polar surface area (TPSA) is 55.5 Å². The Hall–Kier alpha value is -1.06. The first-order valence-corrected chi connectivity index (χ1v) is 6.72. The molecule has 1 atom stereocenters. The highest BCUT2D eigenvalue weighted by atomic mass is 16.5. The highest BCUT2D eigenvalue weighted by Gasteiger charge is 2.09. The van der Waals surface area contributed by atoms with Crippen molar-refractivity contribution >= 4 is 0 Å². The molecule has 0 amide bonds. The number of benzene rings is 1. The summed E-state index contributed by atoms with van der Waals surface area (Å²) in [5, 5.41) is 9.07. The van der Waals surface area contributed by atoms with Gasteiger partial charge in [-0.05, 0) is 36.1 Å². The molecule has 0 saturated carbocycles. The van der Waals surface area contributed by atoms with Crippen LogP contribution < -0.4 is 10.5 Å². The summed E-state index contributed by atoms with van der Waals surface area (Å²) in [5.74, 6) is 1.50. The van der Waals surface area contributed by atoms with Crippen LogP contribution in [0.5, 0.6) is 5.75 Å². The molecular formula is C15H25NO2. The van der Waals surface area contributed by atoms with Crippen LogP contribution in [0.15, 0.2) is 18.2 Å². The zero-order valence-corrected chi connectivity index (χ0v) is 11.6. The zero-order valence-electron chi connectivity index (χ0n) is 11.6. The predicted molar refractivity (Wildman–Crippen MR) is 74.8 cm³/mol. The third-order valence-electron chi connectivity index (χ3n) is 3.48. The van der Waals surface area contributed by atoms with Gasteiger partial charge in [-0.25, -0.2) is 0 Å². The van der Waals surface area contributed by atoms with Crippen LogP contribution in [-0.4, -0.2) is 18.3 Å². The fourth-order valence-corrected chi connectivity index (χ4v) is 1.99. The van der Waals surface area contributed by atoms with E-state index in [2.05, 4.69) is 13.8 Å². The Morgan fingerprint density at radius 1 is 1.28 bits per heavy atom. The number of aryl methyl sites for hydroxylation is 1. The second-order valence-electron chi connectivity index (χ2n) is 4.80. The van der Waals surface area contributed by atoms with Crippen molar-refractivity contribution < 1.29 is 9.84 Å². The Balaban J connectivity index is 2.67. The number of nitrogens with two attached hydrogens (primary N) is 1. The molecule has 18 heavy (non-hydrogen) atoms. The van der Waals surface area contributed by atoms with Gasteiger partial charge < -0.3 is 15.6 Å². The Labute approximate surface area is 110 Å². The van der Waals surface area contributed by atoms with Gasteiger partial charge in [0.15, 0.2) is 0 Å². The number of rotatable bonds is 7. The molecule has 0 aliphatic heterocycles. The Kier molecular flexibility index (Phi) is 6.16. The molecule has 0 heterocycles. The van der Waals surface area contributed by atoms with E-state index in [1.807, 2.05) is 25.1 Å². The number of aliphatic hydroxyl groups excluding tert-OH is 1. The lowest BCUT2D eigenvalue weighted by atomic mass is 10.0. The molecule has 3 heteroatoms. The summed E-state index contributed by atoms with van der Waals surface area (Å²) in [7, 11) is 0. The second-order valence-corrected chi connectivity index (χ2v) is 4.80. The average molecular weight is 251 g/mol. The maximum atomic E-state index is 9.07. The van der Waals surface area contributed by atoms with Gasteiger partial charge in [-0.1, -0.05) is 32.8 Å². The molecule has 0 bridgehead atoms. The number of hydrogen-bond acceptors (Lipinski definition) is 3. The first kappa shape index (κ1) is 15.0. The molecule has 0 spiro atoms. The summed E-state index contributed by atoms with van der Waals surface area (Å²) in [5.41, 5.74) is 7.87. The van der Waals surface area contributed by atoms with Crippen molar-refractivity contribution in [2.45, 2.75) is 39.7 Å². The first-order valence-electron chi connectivity index (χ1n) is 6.72. The van der Waals surface area contributed by atoms with E-state index in [-0.39, 0.29) is 12.6 Å². The molecule has 1 rings (SSSR count). The van der Waals surface area contributed by atoms with E-state index in [1.165, 1.54) is 0 Å². The van der Waals surface area contributed by atoms with Gasteiger partial charge in [-0.3, -0.25) is 0 Å². The average Bonchev–Trinajstić information content (AvgIpc) is 2.39. The summed E-state index contributed by atoms with van der Waals surface area (Å²) in [4.78, 5) is 0. The first-order chi connectivity index (χ1) is 8.62. The van der Waals surface area contributed by atoms with E-state index < -0.39 is 0 Å². The largest absolute Gasteiger partial charge is 0.493 e. The molecule has 0 aromatic heterocycles. The minimum Gasteiger partial charge on any atom is -0.493 e. The van der Waals surface area contributed by atoms with Crippen molar-refractivity contribution in [1.29, 1.82) is 0 Å². The van der Waals surface area contributed by atoms with Gasteiger partial charge in [0.2, 0.25) is 0 Å². The molecule has 3 nitrogen and oxygen atoms in total. The third-order valence-corrected chi connectivity index (χ3v) is 3.48. The number of hydrogen-bond donors (Lipinski definition) is 2. The van der Waals surface area contributed by atoms with Gasteiger partial charge in [0.1, 0.15) is 5.75 Å². The molecule has 0 aliphatic carbocycles. The molecular weight excluding hydrogens is 226 g/mol. The maximum Gasteiger partial charge on any atom is 0.119 e. The normalized spacial score (nSPS) is 12.8. The molecule has 0 saturated heterocycles. The number of aliphatic hydroxyl groups is 1. The quantitative estimate of drug-likeness (QED) is 0.783. The Morgan fingerprint density at radius 3 is 2.44 bits per heavy atom. The van der Waals surface area contributed by atoms with Gasteiger partial charge in [-0.2, -0.15) is 0 Å². The molecule has 102 valence electrons. The molecule has 0 radical (unpaired) electrons. The minimum absolute atomic E-state index is 0.0329. The van der Waals surface area contributed by atoms with Gasteiger partial charge >= 0.3 is 0 Å². The molecule has 1 aromatic carbocycles. The van der Waals surface area contributed by atoms with Gasteiger partial charge in [-0.15, -0.1) is 0 Å². The van der Waals surface area contributed by atoms with Crippen LogP contribution in [0, 0.1) is 12.8 Å². The Bertz CT molecular complexity index is 362. The molecule has 3 N–H and O–H groups in total. The van der Waals surface area contributed by atoms with E-state index in [1.54, 1.807) is 0 Å². The van der Waals surface area contributed by atoms with Gasteiger partial charge in [0.25, 0.3) is 0 Å². The van der Waals surface area contributed by atoms with Crippen molar-refractivity contribution in [2.75, 3.05) is 13.2 Å². The summed E-state index contributed by atoms with van der Waals surface area (Å²) >= 11 is 0. The lowest BCUT2D eigenvalue weighted by molar-refractivity contribution is 0.240. The van der Waals surface area contributed by atoms with Crippen LogP contribution in [0.1, 0.15) is 43.9 Å². The third kappa shape index (κ3) is 4.00. The van der Waals surface area contributed by atoms with Crippen LogP contribution in [0.2, 0.25) is 0 Å². The van der Waals surface area contributed by atoms with E-state index >= 15 is 0 Å². The van der Waals surface area contributed by atoms with Crippen molar-refractivity contribution in [2.24, 2.45) is 11.7 Å². The molecule has 1 aromatic rings. The molecule has 0 fully saturated rings.